The van der Waals surface area contributed by atoms with Gasteiger partial charge in [0, 0.05) is 18.3 Å². The van der Waals surface area contributed by atoms with Gasteiger partial charge in [0.25, 0.3) is 0 Å². The van der Waals surface area contributed by atoms with Crippen LogP contribution in [0.15, 0.2) is 59.8 Å². The quantitative estimate of drug-likeness (QED) is 0.625. The highest BCUT2D eigenvalue weighted by atomic mass is 16.5. The molecule has 0 aliphatic carbocycles. The molecule has 2 aromatic carbocycles. The fraction of sp³-hybridized carbons (Fsp3) is 0.217. The van der Waals surface area contributed by atoms with Crippen molar-refractivity contribution in [2.45, 2.75) is 19.9 Å². The topological polar surface area (TPSA) is 117 Å². The lowest BCUT2D eigenvalue weighted by molar-refractivity contribution is -0.136. The average Bonchev–Trinajstić information content (AvgIpc) is 3.13. The zero-order chi connectivity index (χ0) is 22.8. The van der Waals surface area contributed by atoms with Crippen LogP contribution in [0.4, 0.5) is 16.2 Å². The molecular weight excluding hydrogens is 412 g/mol. The Morgan fingerprint density at radius 2 is 1.66 bits per heavy atom. The molecule has 0 bridgehead atoms. The third-order valence-corrected chi connectivity index (χ3v) is 5.20. The second kappa shape index (κ2) is 8.54. The number of benzene rings is 2. The van der Waals surface area contributed by atoms with Crippen LogP contribution in [0.1, 0.15) is 24.1 Å². The molecule has 0 radical (unpaired) electrons. The number of hydrogen-bond acceptors (Lipinski definition) is 5. The summed E-state index contributed by atoms with van der Waals surface area (Å²) in [5.74, 6) is -1.14. The first-order chi connectivity index (χ1) is 15.3. The van der Waals surface area contributed by atoms with Gasteiger partial charge in [0.2, 0.25) is 11.8 Å². The summed E-state index contributed by atoms with van der Waals surface area (Å²) in [6.07, 6.45) is 0. The van der Waals surface area contributed by atoms with Crippen molar-refractivity contribution in [3.05, 3.63) is 70.9 Å². The maximum absolute atomic E-state index is 12.8. The number of amides is 4. The maximum Gasteiger partial charge on any atom is 0.338 e. The molecule has 0 saturated carbocycles. The molecule has 3 N–H and O–H groups in total. The van der Waals surface area contributed by atoms with Crippen molar-refractivity contribution in [3.63, 3.8) is 0 Å². The van der Waals surface area contributed by atoms with E-state index in [0.29, 0.717) is 22.6 Å². The number of cyclic esters (lactones) is 1. The third kappa shape index (κ3) is 4.31. The summed E-state index contributed by atoms with van der Waals surface area (Å²) in [5, 5.41) is 8.16. The van der Waals surface area contributed by atoms with Gasteiger partial charge in [-0.3, -0.25) is 14.5 Å². The van der Waals surface area contributed by atoms with Gasteiger partial charge in [0.15, 0.2) is 0 Å². The number of ether oxygens (including phenoxy) is 1. The lowest BCUT2D eigenvalue weighted by atomic mass is 9.95. The molecule has 2 heterocycles. The number of carbonyl (C=O) groups is 4. The summed E-state index contributed by atoms with van der Waals surface area (Å²) in [5.41, 5.74) is 3.65. The Morgan fingerprint density at radius 3 is 2.28 bits per heavy atom. The SMILES string of the molecule is CC(=O)Nc1ccc(NC(=O)CN2C(=O)NC(c3ccc(C)cc3)C3=C2COC3=O)cc1. The zero-order valence-corrected chi connectivity index (χ0v) is 17.6. The molecule has 9 nitrogen and oxygen atoms in total. The summed E-state index contributed by atoms with van der Waals surface area (Å²) < 4.78 is 5.19. The summed E-state index contributed by atoms with van der Waals surface area (Å²) >= 11 is 0. The molecule has 32 heavy (non-hydrogen) atoms. The van der Waals surface area contributed by atoms with E-state index in [1.165, 1.54) is 11.8 Å². The van der Waals surface area contributed by atoms with Crippen molar-refractivity contribution >= 4 is 35.2 Å². The Labute approximate surface area is 184 Å². The van der Waals surface area contributed by atoms with E-state index >= 15 is 0 Å². The second-order valence-corrected chi connectivity index (χ2v) is 7.62. The van der Waals surface area contributed by atoms with Crippen molar-refractivity contribution in [2.75, 3.05) is 23.8 Å². The number of esters is 1. The summed E-state index contributed by atoms with van der Waals surface area (Å²) in [6.45, 7) is 3.01. The van der Waals surface area contributed by atoms with Crippen molar-refractivity contribution in [3.8, 4) is 0 Å². The second-order valence-electron chi connectivity index (χ2n) is 7.62. The minimum Gasteiger partial charge on any atom is -0.456 e. The molecule has 1 atom stereocenters. The normalized spacial score (nSPS) is 17.4. The molecule has 0 aromatic heterocycles. The highest BCUT2D eigenvalue weighted by molar-refractivity contribution is 6.00. The first kappa shape index (κ1) is 21.1. The van der Waals surface area contributed by atoms with E-state index in [0.717, 1.165) is 11.1 Å². The van der Waals surface area contributed by atoms with Crippen LogP contribution in [-0.2, 0) is 19.1 Å². The molecule has 2 aliphatic heterocycles. The summed E-state index contributed by atoms with van der Waals surface area (Å²) in [6, 6.07) is 13.0. The van der Waals surface area contributed by atoms with Gasteiger partial charge in [-0.2, -0.15) is 0 Å². The zero-order valence-electron chi connectivity index (χ0n) is 17.6. The first-order valence-corrected chi connectivity index (χ1v) is 10.0. The summed E-state index contributed by atoms with van der Waals surface area (Å²) in [7, 11) is 0. The van der Waals surface area contributed by atoms with Crippen LogP contribution in [0.3, 0.4) is 0 Å². The highest BCUT2D eigenvalue weighted by Crippen LogP contribution is 2.35. The van der Waals surface area contributed by atoms with Crippen LogP contribution in [0.25, 0.3) is 0 Å². The molecule has 2 aromatic rings. The van der Waals surface area contributed by atoms with Gasteiger partial charge in [-0.25, -0.2) is 9.59 Å². The van der Waals surface area contributed by atoms with Gasteiger partial charge in [-0.05, 0) is 36.8 Å². The number of carbonyl (C=O) groups excluding carboxylic acids is 4. The van der Waals surface area contributed by atoms with Gasteiger partial charge in [-0.1, -0.05) is 29.8 Å². The molecule has 0 spiro atoms. The van der Waals surface area contributed by atoms with E-state index in [2.05, 4.69) is 16.0 Å². The molecular formula is C23H22N4O5. The van der Waals surface area contributed by atoms with Gasteiger partial charge >= 0.3 is 12.0 Å². The lowest BCUT2D eigenvalue weighted by Gasteiger charge is -2.32. The smallest absolute Gasteiger partial charge is 0.338 e. The molecule has 1 unspecified atom stereocenters. The van der Waals surface area contributed by atoms with E-state index in [9.17, 15) is 19.2 Å². The van der Waals surface area contributed by atoms with Crippen LogP contribution >= 0.6 is 0 Å². The number of nitrogens with zero attached hydrogens (tertiary/aromatic N) is 1. The molecule has 0 fully saturated rings. The van der Waals surface area contributed by atoms with E-state index in [1.807, 2.05) is 31.2 Å². The Morgan fingerprint density at radius 1 is 1.03 bits per heavy atom. The molecule has 164 valence electrons. The average molecular weight is 434 g/mol. The number of rotatable bonds is 5. The molecule has 0 saturated heterocycles. The lowest BCUT2D eigenvalue weighted by Crippen LogP contribution is -2.49. The number of anilines is 2. The standard InChI is InChI=1S/C23H22N4O5/c1-13-3-5-15(6-4-13)21-20-18(12-32-22(20)30)27(23(31)26-21)11-19(29)25-17-9-7-16(8-10-17)24-14(2)28/h3-10,21H,11-12H2,1-2H3,(H,24,28)(H,25,29)(H,26,31). The van der Waals surface area contributed by atoms with Crippen LogP contribution in [0.5, 0.6) is 0 Å². The van der Waals surface area contributed by atoms with Gasteiger partial charge < -0.3 is 20.7 Å². The molecule has 4 rings (SSSR count). The predicted octanol–water partition coefficient (Wildman–Crippen LogP) is 2.47. The van der Waals surface area contributed by atoms with Crippen molar-refractivity contribution in [1.82, 2.24) is 10.2 Å². The molecule has 9 heteroatoms. The number of urea groups is 1. The first-order valence-electron chi connectivity index (χ1n) is 10.0. The minimum absolute atomic E-state index is 0.0668. The van der Waals surface area contributed by atoms with E-state index < -0.39 is 23.9 Å². The monoisotopic (exact) mass is 434 g/mol. The Hall–Kier alpha value is -4.14. The van der Waals surface area contributed by atoms with E-state index in [-0.39, 0.29) is 19.1 Å². The van der Waals surface area contributed by atoms with E-state index in [1.54, 1.807) is 24.3 Å². The van der Waals surface area contributed by atoms with Gasteiger partial charge in [0.1, 0.15) is 13.2 Å². The van der Waals surface area contributed by atoms with Crippen molar-refractivity contribution in [2.24, 2.45) is 0 Å². The number of nitrogens with one attached hydrogen (secondary N) is 3. The van der Waals surface area contributed by atoms with Crippen molar-refractivity contribution in [1.29, 1.82) is 0 Å². The summed E-state index contributed by atoms with van der Waals surface area (Å²) in [4.78, 5) is 50.2. The van der Waals surface area contributed by atoms with Crippen molar-refractivity contribution < 1.29 is 23.9 Å². The minimum atomic E-state index is -0.631. The van der Waals surface area contributed by atoms with Crippen LogP contribution in [-0.4, -0.2) is 41.9 Å². The van der Waals surface area contributed by atoms with Gasteiger partial charge in [0.05, 0.1) is 17.3 Å². The number of hydrogen-bond donors (Lipinski definition) is 3. The fourth-order valence-corrected chi connectivity index (χ4v) is 3.67. The van der Waals surface area contributed by atoms with Crippen LogP contribution in [0.2, 0.25) is 0 Å². The molecule has 4 amide bonds. The Bertz CT molecular complexity index is 1120. The Balaban J connectivity index is 1.51. The van der Waals surface area contributed by atoms with Gasteiger partial charge in [-0.15, -0.1) is 0 Å². The predicted molar refractivity (Wildman–Crippen MR) is 117 cm³/mol. The number of aryl methyl sites for hydroxylation is 1. The van der Waals surface area contributed by atoms with Crippen LogP contribution < -0.4 is 16.0 Å². The fourth-order valence-electron chi connectivity index (χ4n) is 3.67. The molecule has 2 aliphatic rings. The Kier molecular flexibility index (Phi) is 5.63. The maximum atomic E-state index is 12.8. The van der Waals surface area contributed by atoms with E-state index in [4.69, 9.17) is 4.74 Å². The highest BCUT2D eigenvalue weighted by Gasteiger charge is 2.42. The largest absolute Gasteiger partial charge is 0.456 e. The third-order valence-electron chi connectivity index (χ3n) is 5.20. The van der Waals surface area contributed by atoms with Crippen LogP contribution in [0, 0.1) is 6.92 Å².